The number of benzene rings is 6. The third-order valence-corrected chi connectivity index (χ3v) is 11.1. The molecule has 6 heterocycles. The zero-order valence-electron chi connectivity index (χ0n) is 63.5. The first kappa shape index (κ1) is 54.7. The van der Waals surface area contributed by atoms with Crippen molar-refractivity contribution in [3.05, 3.63) is 240 Å². The van der Waals surface area contributed by atoms with Gasteiger partial charge in [-0.3, -0.25) is 4.98 Å². The number of terminal acetylenes is 1. The predicted molar refractivity (Wildman–Crippen MR) is 361 cm³/mol. The Hall–Kier alpha value is -7.40. The van der Waals surface area contributed by atoms with Gasteiger partial charge < -0.3 is 38.6 Å². The summed E-state index contributed by atoms with van der Waals surface area (Å²) in [5.74, 6) is 0. The van der Waals surface area contributed by atoms with Gasteiger partial charge in [0.2, 0.25) is 0 Å². The Morgan fingerprint density at radius 3 is 1.36 bits per heavy atom. The number of nitrogens with zero attached hydrogens (tertiary/aromatic N) is 4. The number of hydrogen-bond acceptors (Lipinski definition) is 11. The third kappa shape index (κ3) is 23.9. The summed E-state index contributed by atoms with van der Waals surface area (Å²) >= 11 is 0. The molecule has 0 saturated heterocycles. The fourth-order valence-electron chi connectivity index (χ4n) is 7.22. The zero-order valence-corrected chi connectivity index (χ0v) is 53.1. The zero-order chi connectivity index (χ0) is 76.1. The Bertz CT molecular complexity index is 4560. The average molecular weight is 1550 g/mol. The molecule has 0 aliphatic rings. The monoisotopic (exact) mass is 1550 g/mol. The molecule has 6 aromatic heterocycles. The molecule has 2 N–H and O–H groups in total. The second kappa shape index (κ2) is 40.2. The van der Waals surface area contributed by atoms with E-state index in [1.807, 2.05) is 115 Å². The molecule has 446 valence electrons. The van der Waals surface area contributed by atoms with E-state index in [0.29, 0.717) is 45.3 Å². The Balaban J connectivity index is 0.000000647. The van der Waals surface area contributed by atoms with E-state index in [1.54, 1.807) is 38.1 Å². The third-order valence-electron chi connectivity index (χ3n) is 11.1. The summed E-state index contributed by atoms with van der Waals surface area (Å²) in [6, 6.07) is 50.8. The van der Waals surface area contributed by atoms with Crippen LogP contribution >= 0.6 is 0 Å². The molecule has 0 aliphatic heterocycles. The Morgan fingerprint density at radius 1 is 0.523 bits per heavy atom. The molecule has 6 aromatic carbocycles. The Morgan fingerprint density at radius 2 is 0.932 bits per heavy atom. The van der Waals surface area contributed by atoms with Gasteiger partial charge in [-0.2, -0.15) is 0 Å². The average Bonchev–Trinajstić information content (AvgIpc) is 1.57. The summed E-state index contributed by atoms with van der Waals surface area (Å²) < 4.78 is 161. The van der Waals surface area contributed by atoms with E-state index in [9.17, 15) is 0 Å². The van der Waals surface area contributed by atoms with E-state index in [2.05, 4.69) is 51.0 Å². The van der Waals surface area contributed by atoms with Gasteiger partial charge in [-0.25, -0.2) is 8.42 Å². The molecule has 11 nitrogen and oxygen atoms in total. The van der Waals surface area contributed by atoms with Gasteiger partial charge in [0.25, 0.3) is 0 Å². The van der Waals surface area contributed by atoms with Crippen LogP contribution in [0.1, 0.15) is 62.7 Å². The molecule has 88 heavy (non-hydrogen) atoms. The molecule has 20 heteroatoms. The Kier molecular flexibility index (Phi) is 25.0. The van der Waals surface area contributed by atoms with Crippen LogP contribution in [0.5, 0.6) is 0 Å². The number of furan rings is 2. The summed E-state index contributed by atoms with van der Waals surface area (Å²) in [5.41, 5.74) is 8.80. The van der Waals surface area contributed by atoms with Crippen molar-refractivity contribution in [2.24, 2.45) is 0 Å². The van der Waals surface area contributed by atoms with Crippen LogP contribution in [0.15, 0.2) is 197 Å². The molecule has 0 fully saturated rings. The van der Waals surface area contributed by atoms with Crippen LogP contribution in [0, 0.1) is 72.3 Å². The van der Waals surface area contributed by atoms with Gasteiger partial charge in [0.1, 0.15) is 16.7 Å². The Labute approximate surface area is 575 Å². The first-order valence-electron chi connectivity index (χ1n) is 33.1. The summed E-state index contributed by atoms with van der Waals surface area (Å²) in [6.45, 7) is -5.57. The van der Waals surface area contributed by atoms with E-state index < -0.39 is 50.3 Å². The normalized spacial score (nSPS) is 12.9. The number of rotatable bonds is 5. The maximum atomic E-state index is 9.08. The van der Waals surface area contributed by atoms with E-state index in [-0.39, 0.29) is 94.3 Å². The molecule has 12 aromatic rings. The summed E-state index contributed by atoms with van der Waals surface area (Å²) in [5, 5.41) is 17.6. The molecule has 0 atom stereocenters. The smallest absolute Gasteiger partial charge is 0.144 e. The van der Waals surface area contributed by atoms with Gasteiger partial charge in [-0.15, -0.1) is 103 Å². The second-order valence-electron chi connectivity index (χ2n) is 17.2. The van der Waals surface area contributed by atoms with Crippen molar-refractivity contribution in [2.75, 3.05) is 20.5 Å². The van der Waals surface area contributed by atoms with Gasteiger partial charge >= 0.3 is 0 Å². The second-order valence-corrected chi connectivity index (χ2v) is 18.6. The molecule has 0 spiro atoms. The van der Waals surface area contributed by atoms with E-state index >= 15 is 0 Å². The van der Waals surface area contributed by atoms with E-state index in [0.717, 1.165) is 87.4 Å². The SMILES string of the molecule is C.C#C.CO.CO.CS(=O)(=O)[O-].[2H]C([2H])([2H])c1cnc(-c2[c-]cccc2)cc1C.[2H]C([2H])([2H])c1cnc(-c2[c-]cccc2)cc1C.[2H]c1c(C([2H])([2H])[2H])cnc(-c2[c-]ccc3c2oc2ccccc23)c1[2H].[2H]c1c(C([2H])([2H])[2H])cnc(-c2cccc3c2oc2ccccc23)c1[2H].[B]B([B])B([B])[B].[Ir].[Ir]. The van der Waals surface area contributed by atoms with Crippen molar-refractivity contribution < 1.29 is 94.2 Å². The molecular weight excluding hydrogens is 1470 g/mol. The molecule has 12 rings (SSSR count). The number of fused-ring (bicyclic) bond motifs is 6. The summed E-state index contributed by atoms with van der Waals surface area (Å²) in [6.07, 6.45) is 12.6. The topological polar surface area (TPSA) is 175 Å². The number of aryl methyl sites for hydroxylation is 6. The minimum atomic E-state index is -3.92. The number of hydrogen-bond donors (Lipinski definition) is 2. The van der Waals surface area contributed by atoms with Gasteiger partial charge in [0.05, 0.1) is 26.9 Å². The maximum absolute atomic E-state index is 9.08. The number of aromatic nitrogens is 4. The first-order valence-corrected chi connectivity index (χ1v) is 26.9. The van der Waals surface area contributed by atoms with E-state index in [1.165, 1.54) is 12.4 Å². The van der Waals surface area contributed by atoms with Crippen molar-refractivity contribution in [2.45, 2.75) is 48.7 Å². The molecule has 0 saturated carbocycles. The maximum Gasteiger partial charge on any atom is 0.144 e. The molecule has 0 amide bonds. The van der Waals surface area contributed by atoms with Gasteiger partial charge in [0.15, 0.2) is 0 Å². The standard InChI is InChI=1S/C18H13NO.C18H12NO.2C13H12N.C2H2.CH4O3S.2CH4O.CH4.B6.2Ir/c2*1-12-9-10-16(19-11-12)15-7-4-6-14-13-5-2-3-8-17(13)20-18(14)15;2*1-10-8-13(14-9-11(10)2)12-6-4-3-5-7-12;1-2;1-5(2,3)4;2*1-2;;1-5(2)6(3)4;;/h2-11H,1H3;2-6,8-11H,1H3;2*3-6,8-9H,1-2H3;1-2H;1H3,(H,2,3,4);2*2H,1H3;1H4;;;/q;3*-1;;;;;;;;/p-1/i2*1D3,9D,10D;2*2D3;;;;;;;;. The van der Waals surface area contributed by atoms with Crippen LogP contribution in [0.3, 0.4) is 0 Å². The fraction of sp³-hybridized carbons (Fsp3) is 0.147. The molecule has 0 bridgehead atoms. The summed E-state index contributed by atoms with van der Waals surface area (Å²) in [7, 11) is 17.9. The van der Waals surface area contributed by atoms with Crippen molar-refractivity contribution >= 4 is 97.7 Å². The van der Waals surface area contributed by atoms with Crippen LogP contribution in [-0.4, -0.2) is 107 Å². The molecule has 0 aliphatic carbocycles. The van der Waals surface area contributed by atoms with Crippen molar-refractivity contribution in [1.29, 1.82) is 0 Å². The summed E-state index contributed by atoms with van der Waals surface area (Å²) in [4.78, 5) is 16.7. The quantitative estimate of drug-likeness (QED) is 0.0726. The van der Waals surface area contributed by atoms with Crippen LogP contribution in [0.4, 0.5) is 0 Å². The van der Waals surface area contributed by atoms with Gasteiger partial charge in [-0.05, 0) is 105 Å². The number of aliphatic hydroxyl groups is 2. The minimum absolute atomic E-state index is 0. The number of aliphatic hydroxyl groups excluding tert-OH is 2. The molecular formula is C68H66B6Ir2N4O7S-4. The molecule has 10 radical (unpaired) electrons. The largest absolute Gasteiger partial charge is 0.748 e. The van der Waals surface area contributed by atoms with Gasteiger partial charge in [-0.1, -0.05) is 108 Å². The van der Waals surface area contributed by atoms with Crippen molar-refractivity contribution in [3.63, 3.8) is 0 Å². The minimum Gasteiger partial charge on any atom is -0.748 e. The fourth-order valence-corrected chi connectivity index (χ4v) is 7.22. The van der Waals surface area contributed by atoms with Crippen molar-refractivity contribution in [1.82, 2.24) is 19.9 Å². The first-order chi connectivity index (χ1) is 47.4. The number of para-hydroxylation sites is 3. The van der Waals surface area contributed by atoms with Crippen LogP contribution in [0.2, 0.25) is 0 Å². The number of pyridine rings is 4. The van der Waals surface area contributed by atoms with Crippen LogP contribution < -0.4 is 0 Å². The predicted octanol–water partition coefficient (Wildman–Crippen LogP) is 13.0. The van der Waals surface area contributed by atoms with Crippen molar-refractivity contribution in [3.8, 4) is 57.9 Å². The van der Waals surface area contributed by atoms with Crippen LogP contribution in [-0.2, 0) is 50.3 Å². The van der Waals surface area contributed by atoms with Gasteiger partial charge in [0, 0.05) is 167 Å². The van der Waals surface area contributed by atoms with Crippen LogP contribution in [0.25, 0.3) is 88.9 Å². The molecule has 0 unspecified atom stereocenters. The van der Waals surface area contributed by atoms with E-state index in [4.69, 9.17) is 84.9 Å².